The van der Waals surface area contributed by atoms with Gasteiger partial charge >= 0.3 is 5.97 Å². The van der Waals surface area contributed by atoms with Crippen LogP contribution in [0.15, 0.2) is 23.8 Å². The van der Waals surface area contributed by atoms with E-state index in [9.17, 15) is 9.90 Å². The number of cyclic esters (lactones) is 1. The summed E-state index contributed by atoms with van der Waals surface area (Å²) in [5.74, 6) is 0.408. The maximum absolute atomic E-state index is 11.7. The Balaban J connectivity index is 2.10. The second-order valence-electron chi connectivity index (χ2n) is 6.27. The van der Waals surface area contributed by atoms with Crippen molar-refractivity contribution in [3.63, 3.8) is 0 Å². The van der Waals surface area contributed by atoms with E-state index in [4.69, 9.17) is 4.74 Å². The monoisotopic (exact) mass is 248 g/mol. The largest absolute Gasteiger partial charge is 0.459 e. The molecule has 1 saturated heterocycles. The van der Waals surface area contributed by atoms with Gasteiger partial charge < -0.3 is 9.84 Å². The van der Waals surface area contributed by atoms with Gasteiger partial charge in [-0.05, 0) is 31.1 Å². The van der Waals surface area contributed by atoms with Crippen molar-refractivity contribution in [2.75, 3.05) is 6.61 Å². The Kier molecular flexibility index (Phi) is 2.31. The van der Waals surface area contributed by atoms with Crippen LogP contribution in [0, 0.1) is 17.3 Å². The SMILES string of the molecule is C=C1C(C)CC[C@]2(C)C1CC=C1C(=O)OC[C@]12O. The van der Waals surface area contributed by atoms with Crippen LogP contribution in [0.2, 0.25) is 0 Å². The number of esters is 1. The molecule has 1 saturated carbocycles. The molecule has 1 N–H and O–H groups in total. The molecule has 0 aromatic heterocycles. The molecule has 2 fully saturated rings. The van der Waals surface area contributed by atoms with Crippen molar-refractivity contribution >= 4 is 5.97 Å². The number of carbonyl (C=O) groups excluding carboxylic acids is 1. The summed E-state index contributed by atoms with van der Waals surface area (Å²) in [5, 5.41) is 11.0. The van der Waals surface area contributed by atoms with Crippen LogP contribution in [0.3, 0.4) is 0 Å². The number of hydrogen-bond acceptors (Lipinski definition) is 3. The minimum atomic E-state index is -1.12. The standard InChI is InChI=1S/C15H20O3/c1-9-6-7-14(3)11(10(9)2)4-5-12-13(16)18-8-15(12,14)17/h5,9,11,17H,2,4,6-8H2,1,3H3/t9?,11?,14-,15+/m1/s1. The van der Waals surface area contributed by atoms with E-state index in [-0.39, 0.29) is 23.9 Å². The molecular formula is C15H20O3. The minimum absolute atomic E-state index is 0.103. The predicted octanol–water partition coefficient (Wildman–Crippen LogP) is 2.21. The smallest absolute Gasteiger partial charge is 0.336 e. The molecule has 1 aliphatic heterocycles. The van der Waals surface area contributed by atoms with Crippen LogP contribution in [-0.4, -0.2) is 23.3 Å². The Bertz CT molecular complexity index is 464. The first-order chi connectivity index (χ1) is 8.40. The molecule has 3 rings (SSSR count). The van der Waals surface area contributed by atoms with E-state index in [0.29, 0.717) is 11.5 Å². The Morgan fingerprint density at radius 2 is 2.28 bits per heavy atom. The minimum Gasteiger partial charge on any atom is -0.459 e. The molecule has 0 spiro atoms. The average Bonchev–Trinajstić information content (AvgIpc) is 2.63. The number of aliphatic hydroxyl groups is 1. The molecule has 3 aliphatic rings. The van der Waals surface area contributed by atoms with Crippen LogP contribution < -0.4 is 0 Å². The number of fused-ring (bicyclic) bond motifs is 3. The summed E-state index contributed by atoms with van der Waals surface area (Å²) < 4.78 is 5.09. The Morgan fingerprint density at radius 1 is 1.56 bits per heavy atom. The first-order valence-electron chi connectivity index (χ1n) is 6.69. The van der Waals surface area contributed by atoms with Crippen LogP contribution in [0.25, 0.3) is 0 Å². The van der Waals surface area contributed by atoms with Crippen molar-refractivity contribution in [3.8, 4) is 0 Å². The second-order valence-corrected chi connectivity index (χ2v) is 6.27. The van der Waals surface area contributed by atoms with E-state index in [1.165, 1.54) is 5.57 Å². The first-order valence-corrected chi connectivity index (χ1v) is 6.69. The van der Waals surface area contributed by atoms with Gasteiger partial charge in [0.1, 0.15) is 12.2 Å². The van der Waals surface area contributed by atoms with Crippen molar-refractivity contribution in [1.29, 1.82) is 0 Å². The molecule has 2 unspecified atom stereocenters. The van der Waals surface area contributed by atoms with Gasteiger partial charge in [0.2, 0.25) is 0 Å². The lowest BCUT2D eigenvalue weighted by Crippen LogP contribution is -2.57. The summed E-state index contributed by atoms with van der Waals surface area (Å²) in [7, 11) is 0. The molecule has 4 atom stereocenters. The van der Waals surface area contributed by atoms with E-state index >= 15 is 0 Å². The summed E-state index contributed by atoms with van der Waals surface area (Å²) in [4.78, 5) is 11.7. The Hall–Kier alpha value is -1.09. The fourth-order valence-corrected chi connectivity index (χ4v) is 3.99. The predicted molar refractivity (Wildman–Crippen MR) is 67.7 cm³/mol. The Morgan fingerprint density at radius 3 is 3.00 bits per heavy atom. The third kappa shape index (κ3) is 1.21. The van der Waals surface area contributed by atoms with Crippen molar-refractivity contribution in [2.45, 2.75) is 38.7 Å². The van der Waals surface area contributed by atoms with Crippen LogP contribution in [0.1, 0.15) is 33.1 Å². The molecular weight excluding hydrogens is 228 g/mol. The fourth-order valence-electron chi connectivity index (χ4n) is 3.99. The zero-order chi connectivity index (χ0) is 13.1. The highest BCUT2D eigenvalue weighted by Gasteiger charge is 2.62. The molecule has 3 heteroatoms. The summed E-state index contributed by atoms with van der Waals surface area (Å²) in [6.07, 6.45) is 4.61. The highest BCUT2D eigenvalue weighted by molar-refractivity contribution is 5.93. The first kappa shape index (κ1) is 12.0. The fraction of sp³-hybridized carbons (Fsp3) is 0.667. The number of carbonyl (C=O) groups is 1. The molecule has 3 nitrogen and oxygen atoms in total. The molecule has 0 amide bonds. The van der Waals surface area contributed by atoms with Crippen molar-refractivity contribution in [3.05, 3.63) is 23.8 Å². The molecule has 0 aromatic rings. The van der Waals surface area contributed by atoms with Gasteiger partial charge in [-0.1, -0.05) is 32.1 Å². The van der Waals surface area contributed by atoms with Gasteiger partial charge in [0, 0.05) is 5.41 Å². The topological polar surface area (TPSA) is 46.5 Å². The summed E-state index contributed by atoms with van der Waals surface area (Å²) in [6, 6.07) is 0. The third-order valence-corrected chi connectivity index (χ3v) is 5.53. The quantitative estimate of drug-likeness (QED) is 0.528. The highest BCUT2D eigenvalue weighted by Crippen LogP contribution is 2.59. The molecule has 18 heavy (non-hydrogen) atoms. The lowest BCUT2D eigenvalue weighted by molar-refractivity contribution is -0.136. The average molecular weight is 248 g/mol. The second kappa shape index (κ2) is 3.47. The van der Waals surface area contributed by atoms with Crippen LogP contribution in [0.5, 0.6) is 0 Å². The third-order valence-electron chi connectivity index (χ3n) is 5.53. The molecule has 2 aliphatic carbocycles. The number of ether oxygens (including phenoxy) is 1. The molecule has 98 valence electrons. The van der Waals surface area contributed by atoms with Gasteiger partial charge in [-0.25, -0.2) is 4.79 Å². The number of hydrogen-bond donors (Lipinski definition) is 1. The van der Waals surface area contributed by atoms with Gasteiger partial charge in [0.25, 0.3) is 0 Å². The zero-order valence-corrected chi connectivity index (χ0v) is 11.0. The molecule has 1 heterocycles. The van der Waals surface area contributed by atoms with Gasteiger partial charge in [-0.15, -0.1) is 0 Å². The lowest BCUT2D eigenvalue weighted by Gasteiger charge is -2.54. The maximum atomic E-state index is 11.7. The zero-order valence-electron chi connectivity index (χ0n) is 11.0. The van der Waals surface area contributed by atoms with Crippen LogP contribution in [0.4, 0.5) is 0 Å². The van der Waals surface area contributed by atoms with Crippen molar-refractivity contribution in [1.82, 2.24) is 0 Å². The lowest BCUT2D eigenvalue weighted by atomic mass is 9.51. The van der Waals surface area contributed by atoms with Gasteiger partial charge in [0.15, 0.2) is 0 Å². The number of rotatable bonds is 0. The van der Waals surface area contributed by atoms with Gasteiger partial charge in [-0.2, -0.15) is 0 Å². The molecule has 0 radical (unpaired) electrons. The van der Waals surface area contributed by atoms with Crippen molar-refractivity contribution < 1.29 is 14.6 Å². The highest BCUT2D eigenvalue weighted by atomic mass is 16.6. The molecule has 0 aromatic carbocycles. The van der Waals surface area contributed by atoms with E-state index < -0.39 is 5.60 Å². The van der Waals surface area contributed by atoms with E-state index in [1.54, 1.807) is 0 Å². The van der Waals surface area contributed by atoms with Gasteiger partial charge in [-0.3, -0.25) is 0 Å². The summed E-state index contributed by atoms with van der Waals surface area (Å²) in [5.41, 5.74) is 0.263. The van der Waals surface area contributed by atoms with Crippen LogP contribution >= 0.6 is 0 Å². The Labute approximate surface area is 108 Å². The maximum Gasteiger partial charge on any atom is 0.336 e. The van der Waals surface area contributed by atoms with E-state index in [1.807, 2.05) is 6.08 Å². The van der Waals surface area contributed by atoms with E-state index in [0.717, 1.165) is 19.3 Å². The summed E-state index contributed by atoms with van der Waals surface area (Å²) in [6.45, 7) is 8.61. The van der Waals surface area contributed by atoms with Gasteiger partial charge in [0.05, 0.1) is 5.57 Å². The van der Waals surface area contributed by atoms with E-state index in [2.05, 4.69) is 20.4 Å². The van der Waals surface area contributed by atoms with Crippen LogP contribution in [-0.2, 0) is 9.53 Å². The summed E-state index contributed by atoms with van der Waals surface area (Å²) >= 11 is 0. The molecule has 0 bridgehead atoms. The van der Waals surface area contributed by atoms with Crippen molar-refractivity contribution in [2.24, 2.45) is 17.3 Å². The number of allylic oxidation sites excluding steroid dienone is 2. The normalized spacial score (nSPS) is 47.2.